The Bertz CT molecular complexity index is 451. The van der Waals surface area contributed by atoms with E-state index in [0.717, 1.165) is 24.8 Å². The Hall–Kier alpha value is -1.86. The molecule has 1 unspecified atom stereocenters. The number of methoxy groups -OCH3 is 3. The predicted octanol–water partition coefficient (Wildman–Crippen LogP) is 2.52. The Morgan fingerprint density at radius 2 is 1.84 bits per heavy atom. The van der Waals surface area contributed by atoms with Crippen LogP contribution in [0.1, 0.15) is 30.9 Å². The Kier molecular flexibility index (Phi) is 6.04. The molecule has 0 aromatic heterocycles. The van der Waals surface area contributed by atoms with Crippen LogP contribution in [0, 0.1) is 12.3 Å². The minimum absolute atomic E-state index is 0.136. The van der Waals surface area contributed by atoms with E-state index in [9.17, 15) is 0 Å². The fraction of sp³-hybridized carbons (Fsp3) is 0.467. The molecule has 4 nitrogen and oxygen atoms in total. The first-order valence-corrected chi connectivity index (χ1v) is 6.17. The van der Waals surface area contributed by atoms with Gasteiger partial charge in [-0.1, -0.05) is 0 Å². The van der Waals surface area contributed by atoms with E-state index in [0.29, 0.717) is 17.2 Å². The fourth-order valence-corrected chi connectivity index (χ4v) is 2.00. The van der Waals surface area contributed by atoms with E-state index in [1.165, 1.54) is 0 Å². The second kappa shape index (κ2) is 7.55. The molecule has 0 heterocycles. The lowest BCUT2D eigenvalue weighted by Crippen LogP contribution is -2.12. The first-order chi connectivity index (χ1) is 9.19. The highest BCUT2D eigenvalue weighted by Crippen LogP contribution is 2.42. The molecule has 19 heavy (non-hydrogen) atoms. The quantitative estimate of drug-likeness (QED) is 0.606. The molecule has 0 aliphatic carbocycles. The molecule has 1 rings (SSSR count). The van der Waals surface area contributed by atoms with Gasteiger partial charge >= 0.3 is 0 Å². The molecule has 1 aromatic carbocycles. The van der Waals surface area contributed by atoms with Gasteiger partial charge in [0.05, 0.1) is 21.3 Å². The Morgan fingerprint density at radius 3 is 2.37 bits per heavy atom. The van der Waals surface area contributed by atoms with Gasteiger partial charge in [-0.25, -0.2) is 0 Å². The molecule has 1 atom stereocenters. The lowest BCUT2D eigenvalue weighted by molar-refractivity contribution is 0.320. The van der Waals surface area contributed by atoms with Crippen molar-refractivity contribution in [1.82, 2.24) is 0 Å². The van der Waals surface area contributed by atoms with Crippen molar-refractivity contribution in [3.05, 3.63) is 17.7 Å². The number of ether oxygens (including phenoxy) is 3. The van der Waals surface area contributed by atoms with Crippen molar-refractivity contribution in [2.24, 2.45) is 5.73 Å². The monoisotopic (exact) mass is 263 g/mol. The molecule has 0 bridgehead atoms. The summed E-state index contributed by atoms with van der Waals surface area (Å²) in [5.74, 6) is 4.42. The summed E-state index contributed by atoms with van der Waals surface area (Å²) < 4.78 is 16.0. The van der Waals surface area contributed by atoms with Gasteiger partial charge < -0.3 is 19.9 Å². The smallest absolute Gasteiger partial charge is 0.203 e. The molecule has 0 radical (unpaired) electrons. The number of hydrogen-bond acceptors (Lipinski definition) is 4. The molecule has 0 saturated heterocycles. The predicted molar refractivity (Wildman–Crippen MR) is 75.7 cm³/mol. The van der Waals surface area contributed by atoms with Gasteiger partial charge in [-0.2, -0.15) is 0 Å². The number of benzene rings is 1. The molecule has 0 spiro atoms. The maximum atomic E-state index is 6.18. The molecular weight excluding hydrogens is 242 g/mol. The average molecular weight is 263 g/mol. The third-order valence-electron chi connectivity index (χ3n) is 2.97. The summed E-state index contributed by atoms with van der Waals surface area (Å²) in [6.45, 7) is 0. The molecule has 0 aliphatic heterocycles. The summed E-state index contributed by atoms with van der Waals surface area (Å²) in [6.07, 6.45) is 7.65. The van der Waals surface area contributed by atoms with Crippen molar-refractivity contribution >= 4 is 0 Å². The van der Waals surface area contributed by atoms with Crippen molar-refractivity contribution in [2.75, 3.05) is 21.3 Å². The molecule has 2 N–H and O–H groups in total. The van der Waals surface area contributed by atoms with Crippen LogP contribution in [0.5, 0.6) is 17.2 Å². The lowest BCUT2D eigenvalue weighted by Gasteiger charge is -2.19. The Morgan fingerprint density at radius 1 is 1.16 bits per heavy atom. The van der Waals surface area contributed by atoms with Crippen molar-refractivity contribution < 1.29 is 14.2 Å². The summed E-state index contributed by atoms with van der Waals surface area (Å²) in [6, 6.07) is 3.60. The van der Waals surface area contributed by atoms with Gasteiger partial charge in [0, 0.05) is 18.0 Å². The normalized spacial score (nSPS) is 11.5. The van der Waals surface area contributed by atoms with E-state index < -0.39 is 0 Å². The van der Waals surface area contributed by atoms with Crippen LogP contribution < -0.4 is 19.9 Å². The number of nitrogens with two attached hydrogens (primary N) is 1. The van der Waals surface area contributed by atoms with E-state index >= 15 is 0 Å². The zero-order valence-corrected chi connectivity index (χ0v) is 11.7. The van der Waals surface area contributed by atoms with Gasteiger partial charge in [0.1, 0.15) is 0 Å². The minimum atomic E-state index is -0.136. The van der Waals surface area contributed by atoms with Crippen molar-refractivity contribution in [2.45, 2.75) is 25.3 Å². The summed E-state index contributed by atoms with van der Waals surface area (Å²) in [5.41, 5.74) is 7.08. The summed E-state index contributed by atoms with van der Waals surface area (Å²) in [7, 11) is 4.76. The van der Waals surface area contributed by atoms with Crippen molar-refractivity contribution in [3.63, 3.8) is 0 Å². The van der Waals surface area contributed by atoms with E-state index in [-0.39, 0.29) is 6.04 Å². The molecular formula is C15H21NO3. The van der Waals surface area contributed by atoms with Crippen LogP contribution in [0.15, 0.2) is 12.1 Å². The molecule has 4 heteroatoms. The van der Waals surface area contributed by atoms with E-state index in [2.05, 4.69) is 5.92 Å². The third kappa shape index (κ3) is 3.55. The van der Waals surface area contributed by atoms with Crippen LogP contribution in [-0.2, 0) is 0 Å². The van der Waals surface area contributed by atoms with Crippen LogP contribution in [0.25, 0.3) is 0 Å². The highest BCUT2D eigenvalue weighted by molar-refractivity contribution is 5.56. The largest absolute Gasteiger partial charge is 0.493 e. The maximum absolute atomic E-state index is 6.18. The van der Waals surface area contributed by atoms with Crippen LogP contribution in [-0.4, -0.2) is 21.3 Å². The number of hydrogen-bond donors (Lipinski definition) is 1. The zero-order chi connectivity index (χ0) is 14.3. The SMILES string of the molecule is C#CCCCC(N)c1ccc(OC)c(OC)c1OC. The number of unbranched alkanes of at least 4 members (excludes halogenated alkanes) is 1. The van der Waals surface area contributed by atoms with Crippen molar-refractivity contribution in [3.8, 4) is 29.6 Å². The highest BCUT2D eigenvalue weighted by Gasteiger charge is 2.19. The molecule has 0 aliphatic rings. The number of rotatable bonds is 7. The second-order valence-electron chi connectivity index (χ2n) is 4.13. The fourth-order valence-electron chi connectivity index (χ4n) is 2.00. The van der Waals surface area contributed by atoms with Gasteiger partial charge in [-0.3, -0.25) is 0 Å². The average Bonchev–Trinajstić information content (AvgIpc) is 2.45. The molecule has 0 fully saturated rings. The van der Waals surface area contributed by atoms with Gasteiger partial charge in [0.25, 0.3) is 0 Å². The second-order valence-corrected chi connectivity index (χ2v) is 4.13. The van der Waals surface area contributed by atoms with Crippen LogP contribution in [0.4, 0.5) is 0 Å². The van der Waals surface area contributed by atoms with Gasteiger partial charge in [-0.05, 0) is 25.0 Å². The number of terminal acetylenes is 1. The summed E-state index contributed by atoms with van der Waals surface area (Å²) in [5, 5.41) is 0. The standard InChI is InChI=1S/C15H21NO3/c1-5-6-7-8-12(16)11-9-10-13(17-2)15(19-4)14(11)18-3/h1,9-10,12H,6-8,16H2,2-4H3. The summed E-state index contributed by atoms with van der Waals surface area (Å²) in [4.78, 5) is 0. The highest BCUT2D eigenvalue weighted by atomic mass is 16.5. The Balaban J connectivity index is 3.03. The van der Waals surface area contributed by atoms with Gasteiger partial charge in [0.2, 0.25) is 5.75 Å². The molecule has 104 valence electrons. The molecule has 0 saturated carbocycles. The van der Waals surface area contributed by atoms with Crippen LogP contribution >= 0.6 is 0 Å². The minimum Gasteiger partial charge on any atom is -0.493 e. The Labute approximate surface area is 114 Å². The topological polar surface area (TPSA) is 53.7 Å². The first-order valence-electron chi connectivity index (χ1n) is 6.17. The van der Waals surface area contributed by atoms with Gasteiger partial charge in [-0.15, -0.1) is 12.3 Å². The lowest BCUT2D eigenvalue weighted by atomic mass is 10.00. The van der Waals surface area contributed by atoms with Crippen LogP contribution in [0.3, 0.4) is 0 Å². The maximum Gasteiger partial charge on any atom is 0.203 e. The van der Waals surface area contributed by atoms with Crippen molar-refractivity contribution in [1.29, 1.82) is 0 Å². The third-order valence-corrected chi connectivity index (χ3v) is 2.97. The van der Waals surface area contributed by atoms with E-state index in [4.69, 9.17) is 26.4 Å². The molecule has 1 aromatic rings. The van der Waals surface area contributed by atoms with E-state index in [1.54, 1.807) is 21.3 Å². The molecule has 0 amide bonds. The van der Waals surface area contributed by atoms with E-state index in [1.807, 2.05) is 12.1 Å². The first kappa shape index (κ1) is 15.2. The zero-order valence-electron chi connectivity index (χ0n) is 11.7. The van der Waals surface area contributed by atoms with Crippen LogP contribution in [0.2, 0.25) is 0 Å². The van der Waals surface area contributed by atoms with Gasteiger partial charge in [0.15, 0.2) is 11.5 Å². The summed E-state index contributed by atoms with van der Waals surface area (Å²) >= 11 is 0.